The third-order valence-electron chi connectivity index (χ3n) is 2.36. The monoisotopic (exact) mass is 314 g/mol. The van der Waals surface area contributed by atoms with E-state index in [9.17, 15) is 9.59 Å². The summed E-state index contributed by atoms with van der Waals surface area (Å²) >= 11 is 3.25. The van der Waals surface area contributed by atoms with Crippen LogP contribution in [0.15, 0.2) is 22.7 Å². The highest BCUT2D eigenvalue weighted by atomic mass is 79.9. The summed E-state index contributed by atoms with van der Waals surface area (Å²) in [6, 6.07) is 4.98. The molecule has 5 nitrogen and oxygen atoms in total. The molecule has 18 heavy (non-hydrogen) atoms. The van der Waals surface area contributed by atoms with E-state index >= 15 is 0 Å². The van der Waals surface area contributed by atoms with Gasteiger partial charge in [0.2, 0.25) is 0 Å². The number of nitrogen functional groups attached to an aromatic ring is 1. The molecule has 0 saturated heterocycles. The van der Waals surface area contributed by atoms with E-state index in [0.29, 0.717) is 30.6 Å². The molecule has 1 aromatic rings. The molecule has 0 saturated carbocycles. The number of carboxylic acids is 1. The molecule has 6 heteroatoms. The first-order valence-corrected chi connectivity index (χ1v) is 6.35. The molecule has 0 unspecified atom stereocenters. The van der Waals surface area contributed by atoms with Crippen LogP contribution in [0.5, 0.6) is 0 Å². The molecule has 98 valence electrons. The molecule has 0 radical (unpaired) electrons. The number of rotatable bonds is 6. The highest BCUT2D eigenvalue weighted by Crippen LogP contribution is 2.20. The molecule has 4 N–H and O–H groups in total. The van der Waals surface area contributed by atoms with Crippen LogP contribution in [-0.2, 0) is 4.79 Å². The Morgan fingerprint density at radius 1 is 1.33 bits per heavy atom. The number of amides is 1. The van der Waals surface area contributed by atoms with Crippen molar-refractivity contribution in [3.63, 3.8) is 0 Å². The molecule has 1 aromatic carbocycles. The molecule has 0 bridgehead atoms. The summed E-state index contributed by atoms with van der Waals surface area (Å²) in [5.41, 5.74) is 6.68. The molecular formula is C12H15BrN2O3. The number of anilines is 1. The molecule has 0 heterocycles. The Kier molecular flexibility index (Phi) is 5.64. The van der Waals surface area contributed by atoms with Gasteiger partial charge in [-0.15, -0.1) is 0 Å². The average molecular weight is 315 g/mol. The molecule has 0 aliphatic heterocycles. The minimum absolute atomic E-state index is 0.126. The number of carbonyl (C=O) groups is 2. The summed E-state index contributed by atoms with van der Waals surface area (Å²) in [7, 11) is 0. The molecule has 1 rings (SSSR count). The molecule has 0 fully saturated rings. The Labute approximate surface area is 113 Å². The van der Waals surface area contributed by atoms with Gasteiger partial charge in [0.15, 0.2) is 0 Å². The minimum atomic E-state index is -0.818. The summed E-state index contributed by atoms with van der Waals surface area (Å²) < 4.78 is 0.750. The van der Waals surface area contributed by atoms with Gasteiger partial charge in [0.25, 0.3) is 5.91 Å². The van der Waals surface area contributed by atoms with Gasteiger partial charge in [-0.2, -0.15) is 0 Å². The van der Waals surface area contributed by atoms with Crippen LogP contribution in [0.2, 0.25) is 0 Å². The van der Waals surface area contributed by atoms with E-state index in [1.54, 1.807) is 18.2 Å². The van der Waals surface area contributed by atoms with Crippen LogP contribution in [0.3, 0.4) is 0 Å². The smallest absolute Gasteiger partial charge is 0.303 e. The van der Waals surface area contributed by atoms with Crippen molar-refractivity contribution in [2.75, 3.05) is 12.3 Å². The van der Waals surface area contributed by atoms with E-state index in [1.165, 1.54) is 0 Å². The van der Waals surface area contributed by atoms with Crippen LogP contribution in [0, 0.1) is 0 Å². The summed E-state index contributed by atoms with van der Waals surface area (Å²) in [6.07, 6.45) is 1.32. The number of nitrogens with two attached hydrogens (primary N) is 1. The van der Waals surface area contributed by atoms with E-state index < -0.39 is 5.97 Å². The maximum absolute atomic E-state index is 11.7. The Balaban J connectivity index is 2.36. The van der Waals surface area contributed by atoms with Crippen molar-refractivity contribution in [1.82, 2.24) is 5.32 Å². The molecule has 0 atom stereocenters. The van der Waals surface area contributed by atoms with Crippen molar-refractivity contribution in [3.05, 3.63) is 28.2 Å². The molecule has 1 amide bonds. The largest absolute Gasteiger partial charge is 0.481 e. The van der Waals surface area contributed by atoms with Crippen LogP contribution in [0.4, 0.5) is 5.69 Å². The minimum Gasteiger partial charge on any atom is -0.481 e. The van der Waals surface area contributed by atoms with Crippen LogP contribution in [0.25, 0.3) is 0 Å². The predicted molar refractivity (Wildman–Crippen MR) is 72.4 cm³/mol. The van der Waals surface area contributed by atoms with Crippen molar-refractivity contribution in [2.24, 2.45) is 0 Å². The Bertz CT molecular complexity index is 449. The number of halogens is 1. The van der Waals surface area contributed by atoms with Crippen LogP contribution < -0.4 is 11.1 Å². The number of carbonyl (C=O) groups excluding carboxylic acids is 1. The van der Waals surface area contributed by atoms with E-state index in [-0.39, 0.29) is 12.3 Å². The second-order valence-electron chi connectivity index (χ2n) is 3.84. The van der Waals surface area contributed by atoms with Gasteiger partial charge < -0.3 is 16.2 Å². The van der Waals surface area contributed by atoms with Crippen molar-refractivity contribution < 1.29 is 14.7 Å². The molecule has 0 aliphatic carbocycles. The Hall–Kier alpha value is -1.56. The fourth-order valence-electron chi connectivity index (χ4n) is 1.39. The average Bonchev–Trinajstić information content (AvgIpc) is 2.31. The second-order valence-corrected chi connectivity index (χ2v) is 4.70. The van der Waals surface area contributed by atoms with Gasteiger partial charge in [-0.25, -0.2) is 0 Å². The van der Waals surface area contributed by atoms with Gasteiger partial charge in [-0.05, 0) is 47.0 Å². The summed E-state index contributed by atoms with van der Waals surface area (Å²) in [5.74, 6) is -1.02. The first kappa shape index (κ1) is 14.5. The maximum Gasteiger partial charge on any atom is 0.303 e. The fraction of sp³-hybridized carbons (Fsp3) is 0.333. The number of aliphatic carboxylic acids is 1. The lowest BCUT2D eigenvalue weighted by Crippen LogP contribution is -2.24. The predicted octanol–water partition coefficient (Wildman–Crippen LogP) is 2.02. The SMILES string of the molecule is Nc1cc(C(=O)NCCCCC(=O)O)ccc1Br. The zero-order valence-corrected chi connectivity index (χ0v) is 11.4. The van der Waals surface area contributed by atoms with E-state index in [4.69, 9.17) is 10.8 Å². The van der Waals surface area contributed by atoms with Gasteiger partial charge in [-0.3, -0.25) is 9.59 Å². The van der Waals surface area contributed by atoms with Crippen molar-refractivity contribution in [3.8, 4) is 0 Å². The number of unbranched alkanes of at least 4 members (excludes halogenated alkanes) is 1. The highest BCUT2D eigenvalue weighted by molar-refractivity contribution is 9.10. The topological polar surface area (TPSA) is 92.4 Å². The van der Waals surface area contributed by atoms with Crippen LogP contribution >= 0.6 is 15.9 Å². The summed E-state index contributed by atoms with van der Waals surface area (Å²) in [4.78, 5) is 22.0. The van der Waals surface area contributed by atoms with E-state index in [2.05, 4.69) is 21.2 Å². The number of carboxylic acid groups (broad SMARTS) is 1. The van der Waals surface area contributed by atoms with Gasteiger partial charge in [0, 0.05) is 28.7 Å². The number of nitrogens with one attached hydrogen (secondary N) is 1. The fourth-order valence-corrected chi connectivity index (χ4v) is 1.64. The lowest BCUT2D eigenvalue weighted by molar-refractivity contribution is -0.137. The van der Waals surface area contributed by atoms with Crippen molar-refractivity contribution in [2.45, 2.75) is 19.3 Å². The standard InChI is InChI=1S/C12H15BrN2O3/c13-9-5-4-8(7-10(9)14)12(18)15-6-2-1-3-11(16)17/h4-5,7H,1-3,6,14H2,(H,15,18)(H,16,17). The zero-order chi connectivity index (χ0) is 13.5. The normalized spacial score (nSPS) is 10.1. The Morgan fingerprint density at radius 3 is 2.67 bits per heavy atom. The Morgan fingerprint density at radius 2 is 2.06 bits per heavy atom. The molecule has 0 aliphatic rings. The maximum atomic E-state index is 11.7. The number of hydrogen-bond donors (Lipinski definition) is 3. The third-order valence-corrected chi connectivity index (χ3v) is 3.08. The molecular weight excluding hydrogens is 300 g/mol. The number of benzene rings is 1. The van der Waals surface area contributed by atoms with Gasteiger partial charge in [-0.1, -0.05) is 0 Å². The van der Waals surface area contributed by atoms with E-state index in [0.717, 1.165) is 4.47 Å². The van der Waals surface area contributed by atoms with Crippen LogP contribution in [0.1, 0.15) is 29.6 Å². The van der Waals surface area contributed by atoms with Gasteiger partial charge >= 0.3 is 5.97 Å². The zero-order valence-electron chi connectivity index (χ0n) is 9.78. The number of hydrogen-bond acceptors (Lipinski definition) is 3. The van der Waals surface area contributed by atoms with E-state index in [1.807, 2.05) is 0 Å². The third kappa shape index (κ3) is 4.75. The van der Waals surface area contributed by atoms with Crippen LogP contribution in [-0.4, -0.2) is 23.5 Å². The molecule has 0 aromatic heterocycles. The van der Waals surface area contributed by atoms with Crippen molar-refractivity contribution in [1.29, 1.82) is 0 Å². The van der Waals surface area contributed by atoms with Gasteiger partial charge in [0.1, 0.15) is 0 Å². The molecule has 0 spiro atoms. The lowest BCUT2D eigenvalue weighted by atomic mass is 10.2. The quantitative estimate of drug-likeness (QED) is 0.553. The summed E-state index contributed by atoms with van der Waals surface area (Å²) in [6.45, 7) is 0.460. The van der Waals surface area contributed by atoms with Crippen molar-refractivity contribution >= 4 is 33.5 Å². The first-order valence-electron chi connectivity index (χ1n) is 5.55. The van der Waals surface area contributed by atoms with Gasteiger partial charge in [0.05, 0.1) is 0 Å². The summed E-state index contributed by atoms with van der Waals surface area (Å²) in [5, 5.41) is 11.2. The lowest BCUT2D eigenvalue weighted by Gasteiger charge is -2.06. The first-order chi connectivity index (χ1) is 8.50. The highest BCUT2D eigenvalue weighted by Gasteiger charge is 2.06. The second kappa shape index (κ2) is 7.00.